The number of carbonyl (C=O) groups is 2. The van der Waals surface area contributed by atoms with Crippen LogP contribution in [0.15, 0.2) is 67.1 Å². The molecule has 0 aliphatic heterocycles. The second-order valence-corrected chi connectivity index (χ2v) is 5.40. The molecule has 3 rings (SSSR count). The first-order valence-electron chi connectivity index (χ1n) is 7.37. The standard InChI is InChI=1S/C18H13ClN4O2/c19-16-14(7-4-10-21-16)18(25)23-15-8-2-1-6-13(15)17(24)22-12-5-3-9-20-11-12/h1-11H,(H,22,24)(H,23,25). The number of hydrogen-bond acceptors (Lipinski definition) is 4. The summed E-state index contributed by atoms with van der Waals surface area (Å²) in [6.45, 7) is 0. The van der Waals surface area contributed by atoms with Crippen LogP contribution < -0.4 is 10.6 Å². The number of nitrogens with one attached hydrogen (secondary N) is 2. The number of halogens is 1. The number of aromatic nitrogens is 2. The number of anilines is 2. The fourth-order valence-electron chi connectivity index (χ4n) is 2.17. The lowest BCUT2D eigenvalue weighted by atomic mass is 10.1. The van der Waals surface area contributed by atoms with Gasteiger partial charge in [0.25, 0.3) is 11.8 Å². The quantitative estimate of drug-likeness (QED) is 0.702. The smallest absolute Gasteiger partial charge is 0.258 e. The van der Waals surface area contributed by atoms with E-state index in [0.29, 0.717) is 16.9 Å². The van der Waals surface area contributed by atoms with Gasteiger partial charge in [0.15, 0.2) is 0 Å². The average Bonchev–Trinajstić information content (AvgIpc) is 2.63. The molecule has 2 N–H and O–H groups in total. The maximum atomic E-state index is 12.5. The van der Waals surface area contributed by atoms with Crippen LogP contribution in [0.4, 0.5) is 11.4 Å². The van der Waals surface area contributed by atoms with Gasteiger partial charge in [0.2, 0.25) is 0 Å². The Morgan fingerprint density at radius 1 is 0.840 bits per heavy atom. The van der Waals surface area contributed by atoms with Gasteiger partial charge in [-0.15, -0.1) is 0 Å². The summed E-state index contributed by atoms with van der Waals surface area (Å²) >= 11 is 5.94. The van der Waals surface area contributed by atoms with Crippen molar-refractivity contribution in [3.8, 4) is 0 Å². The van der Waals surface area contributed by atoms with Gasteiger partial charge < -0.3 is 10.6 Å². The Morgan fingerprint density at radius 3 is 2.32 bits per heavy atom. The molecule has 2 amide bonds. The molecule has 2 heterocycles. The van der Waals surface area contributed by atoms with E-state index in [1.54, 1.807) is 54.7 Å². The molecule has 0 radical (unpaired) electrons. The minimum absolute atomic E-state index is 0.0947. The second kappa shape index (κ2) is 7.55. The van der Waals surface area contributed by atoms with Crippen molar-refractivity contribution in [3.05, 3.63) is 83.4 Å². The molecule has 0 spiro atoms. The van der Waals surface area contributed by atoms with Crippen molar-refractivity contribution in [1.82, 2.24) is 9.97 Å². The molecule has 0 bridgehead atoms. The molecule has 7 heteroatoms. The molecule has 124 valence electrons. The summed E-state index contributed by atoms with van der Waals surface area (Å²) in [5.74, 6) is -0.805. The van der Waals surface area contributed by atoms with E-state index in [1.165, 1.54) is 12.4 Å². The average molecular weight is 353 g/mol. The highest BCUT2D eigenvalue weighted by Crippen LogP contribution is 2.20. The number of para-hydroxylation sites is 1. The van der Waals surface area contributed by atoms with Crippen molar-refractivity contribution in [3.63, 3.8) is 0 Å². The topological polar surface area (TPSA) is 84.0 Å². The highest BCUT2D eigenvalue weighted by Gasteiger charge is 2.16. The Bertz CT molecular complexity index is 916. The van der Waals surface area contributed by atoms with E-state index in [-0.39, 0.29) is 16.6 Å². The normalized spacial score (nSPS) is 10.1. The fourth-order valence-corrected chi connectivity index (χ4v) is 2.38. The summed E-state index contributed by atoms with van der Waals surface area (Å²) in [6, 6.07) is 13.3. The molecule has 0 saturated heterocycles. The van der Waals surface area contributed by atoms with Gasteiger partial charge in [-0.3, -0.25) is 14.6 Å². The van der Waals surface area contributed by atoms with E-state index in [9.17, 15) is 9.59 Å². The number of pyridine rings is 2. The molecule has 1 aromatic carbocycles. The van der Waals surface area contributed by atoms with Gasteiger partial charge in [-0.05, 0) is 36.4 Å². The molecule has 0 fully saturated rings. The van der Waals surface area contributed by atoms with Gasteiger partial charge in [0, 0.05) is 12.4 Å². The number of carbonyl (C=O) groups excluding carboxylic acids is 2. The van der Waals surface area contributed by atoms with Crippen LogP contribution in [0.2, 0.25) is 5.15 Å². The highest BCUT2D eigenvalue weighted by atomic mass is 35.5. The molecular weight excluding hydrogens is 340 g/mol. The predicted molar refractivity (Wildman–Crippen MR) is 95.8 cm³/mol. The van der Waals surface area contributed by atoms with Crippen molar-refractivity contribution in [2.75, 3.05) is 10.6 Å². The van der Waals surface area contributed by atoms with Gasteiger partial charge in [-0.2, -0.15) is 0 Å². The molecule has 25 heavy (non-hydrogen) atoms. The Kier molecular flexibility index (Phi) is 5.01. The van der Waals surface area contributed by atoms with Crippen molar-refractivity contribution >= 4 is 34.8 Å². The first-order chi connectivity index (χ1) is 12.1. The van der Waals surface area contributed by atoms with Gasteiger partial charge in [0.1, 0.15) is 5.15 Å². The monoisotopic (exact) mass is 352 g/mol. The number of hydrogen-bond donors (Lipinski definition) is 2. The number of rotatable bonds is 4. The Hall–Kier alpha value is -3.25. The fraction of sp³-hybridized carbons (Fsp3) is 0. The van der Waals surface area contributed by atoms with Crippen LogP contribution >= 0.6 is 11.6 Å². The van der Waals surface area contributed by atoms with Crippen molar-refractivity contribution in [1.29, 1.82) is 0 Å². The zero-order valence-electron chi connectivity index (χ0n) is 12.9. The molecule has 0 aliphatic rings. The largest absolute Gasteiger partial charge is 0.321 e. The molecular formula is C18H13ClN4O2. The lowest BCUT2D eigenvalue weighted by Gasteiger charge is -2.11. The van der Waals surface area contributed by atoms with Crippen LogP contribution in [-0.2, 0) is 0 Å². The van der Waals surface area contributed by atoms with Gasteiger partial charge in [0.05, 0.1) is 28.7 Å². The minimum Gasteiger partial charge on any atom is -0.321 e. The van der Waals surface area contributed by atoms with Crippen molar-refractivity contribution < 1.29 is 9.59 Å². The summed E-state index contributed by atoms with van der Waals surface area (Å²) in [7, 11) is 0. The Morgan fingerprint density at radius 2 is 1.56 bits per heavy atom. The van der Waals surface area contributed by atoms with Crippen LogP contribution in [0.25, 0.3) is 0 Å². The third-order valence-electron chi connectivity index (χ3n) is 3.34. The molecule has 6 nitrogen and oxygen atoms in total. The van der Waals surface area contributed by atoms with Crippen LogP contribution in [0.5, 0.6) is 0 Å². The van der Waals surface area contributed by atoms with Crippen LogP contribution in [0, 0.1) is 0 Å². The van der Waals surface area contributed by atoms with Crippen molar-refractivity contribution in [2.24, 2.45) is 0 Å². The zero-order chi connectivity index (χ0) is 17.6. The highest BCUT2D eigenvalue weighted by molar-refractivity contribution is 6.33. The van der Waals surface area contributed by atoms with Gasteiger partial charge in [-0.25, -0.2) is 4.98 Å². The first-order valence-corrected chi connectivity index (χ1v) is 7.75. The van der Waals surface area contributed by atoms with E-state index < -0.39 is 5.91 Å². The third-order valence-corrected chi connectivity index (χ3v) is 3.64. The van der Waals surface area contributed by atoms with Gasteiger partial charge >= 0.3 is 0 Å². The Labute approximate surface area is 148 Å². The third kappa shape index (κ3) is 3.99. The van der Waals surface area contributed by atoms with E-state index in [0.717, 1.165) is 0 Å². The van der Waals surface area contributed by atoms with E-state index in [2.05, 4.69) is 20.6 Å². The lowest BCUT2D eigenvalue weighted by Crippen LogP contribution is -2.18. The summed E-state index contributed by atoms with van der Waals surface area (Å²) in [6.07, 6.45) is 4.64. The number of amides is 2. The zero-order valence-corrected chi connectivity index (χ0v) is 13.7. The minimum atomic E-state index is -0.445. The lowest BCUT2D eigenvalue weighted by molar-refractivity contribution is 0.102. The molecule has 0 unspecified atom stereocenters. The van der Waals surface area contributed by atoms with Crippen LogP contribution in [-0.4, -0.2) is 21.8 Å². The molecule has 3 aromatic rings. The van der Waals surface area contributed by atoms with E-state index in [1.807, 2.05) is 0 Å². The molecule has 2 aromatic heterocycles. The van der Waals surface area contributed by atoms with Crippen molar-refractivity contribution in [2.45, 2.75) is 0 Å². The summed E-state index contributed by atoms with van der Waals surface area (Å²) in [4.78, 5) is 32.7. The van der Waals surface area contributed by atoms with E-state index >= 15 is 0 Å². The SMILES string of the molecule is O=C(Nc1cccnc1)c1ccccc1NC(=O)c1cccnc1Cl. The van der Waals surface area contributed by atoms with Gasteiger partial charge in [-0.1, -0.05) is 23.7 Å². The summed E-state index contributed by atoms with van der Waals surface area (Å²) in [5, 5.41) is 5.52. The second-order valence-electron chi connectivity index (χ2n) is 5.04. The summed E-state index contributed by atoms with van der Waals surface area (Å²) in [5.41, 5.74) is 1.48. The molecule has 0 saturated carbocycles. The molecule has 0 aliphatic carbocycles. The van der Waals surface area contributed by atoms with Crippen LogP contribution in [0.3, 0.4) is 0 Å². The first kappa shape index (κ1) is 16.6. The van der Waals surface area contributed by atoms with Crippen LogP contribution in [0.1, 0.15) is 20.7 Å². The Balaban J connectivity index is 1.82. The number of benzene rings is 1. The summed E-state index contributed by atoms with van der Waals surface area (Å²) < 4.78 is 0. The number of nitrogens with zero attached hydrogens (tertiary/aromatic N) is 2. The van der Waals surface area contributed by atoms with E-state index in [4.69, 9.17) is 11.6 Å². The maximum absolute atomic E-state index is 12.5. The molecule has 0 atom stereocenters. The maximum Gasteiger partial charge on any atom is 0.258 e. The predicted octanol–water partition coefficient (Wildman–Crippen LogP) is 3.63.